The highest BCUT2D eigenvalue weighted by molar-refractivity contribution is 6.45. The zero-order valence-corrected chi connectivity index (χ0v) is 19.5. The molecule has 1 aliphatic heterocycles. The van der Waals surface area contributed by atoms with E-state index in [4.69, 9.17) is 9.47 Å². The second-order valence-corrected chi connectivity index (χ2v) is 8.92. The van der Waals surface area contributed by atoms with Crippen LogP contribution in [0.15, 0.2) is 49.1 Å². The third-order valence-electron chi connectivity index (χ3n) is 6.91. The van der Waals surface area contributed by atoms with Crippen LogP contribution >= 0.6 is 0 Å². The lowest BCUT2D eigenvalue weighted by atomic mass is 9.81. The minimum atomic E-state index is -1.05. The van der Waals surface area contributed by atoms with Crippen molar-refractivity contribution >= 4 is 12.9 Å². The van der Waals surface area contributed by atoms with Crippen LogP contribution in [0.1, 0.15) is 6.42 Å². The molecule has 2 unspecified atom stereocenters. The van der Waals surface area contributed by atoms with Crippen molar-refractivity contribution in [2.75, 3.05) is 32.4 Å². The van der Waals surface area contributed by atoms with Gasteiger partial charge in [-0.1, -0.05) is 0 Å². The van der Waals surface area contributed by atoms with Crippen molar-refractivity contribution in [2.45, 2.75) is 31.5 Å². The maximum atomic E-state index is 15.2. The van der Waals surface area contributed by atoms with Gasteiger partial charge in [0.15, 0.2) is 12.6 Å². The predicted molar refractivity (Wildman–Crippen MR) is 127 cm³/mol. The number of methoxy groups -OCH3 is 1. The quantitative estimate of drug-likeness (QED) is 0.400. The van der Waals surface area contributed by atoms with Crippen LogP contribution in [-0.4, -0.2) is 82.4 Å². The van der Waals surface area contributed by atoms with E-state index in [1.165, 1.54) is 0 Å². The molecular weight excluding hydrogens is 438 g/mol. The van der Waals surface area contributed by atoms with Gasteiger partial charge in [0, 0.05) is 44.2 Å². The number of aromatic nitrogens is 4. The number of rotatable bonds is 8. The molecule has 1 saturated carbocycles. The molecule has 1 N–H and O–H groups in total. The Hall–Kier alpha value is -3.02. The standard InChI is InChI=1S/C23H28BFN6O3/c1-24(32)31-12-15-10-19(31)22(25)23(15)29(2)21-7-6-18(27-28-21)17-5-4-16(30-9-8-26-13-30)11-20(17)34-14-33-3/h4-9,11,13,15,19,22-23,32H,10,12,14H2,1-3H3/t15?,19?,22-,23-/m0/s1. The van der Waals surface area contributed by atoms with Crippen LogP contribution in [0.4, 0.5) is 10.2 Å². The Morgan fingerprint density at radius 3 is 2.76 bits per heavy atom. The first-order valence-corrected chi connectivity index (χ1v) is 11.4. The highest BCUT2D eigenvalue weighted by Crippen LogP contribution is 2.43. The molecule has 3 aromatic rings. The van der Waals surface area contributed by atoms with E-state index >= 15 is 4.39 Å². The first kappa shape index (κ1) is 22.8. The first-order valence-electron chi connectivity index (χ1n) is 11.4. The van der Waals surface area contributed by atoms with Crippen molar-refractivity contribution in [2.24, 2.45) is 5.92 Å². The summed E-state index contributed by atoms with van der Waals surface area (Å²) in [5.41, 5.74) is 2.32. The lowest BCUT2D eigenvalue weighted by Crippen LogP contribution is -2.56. The summed E-state index contributed by atoms with van der Waals surface area (Å²) >= 11 is 0. The number of piperidine rings is 1. The van der Waals surface area contributed by atoms with Gasteiger partial charge in [0.1, 0.15) is 11.9 Å². The summed E-state index contributed by atoms with van der Waals surface area (Å²) in [5.74, 6) is 1.37. The molecule has 2 fully saturated rings. The molecule has 2 bridgehead atoms. The molecule has 0 spiro atoms. The van der Waals surface area contributed by atoms with E-state index in [-0.39, 0.29) is 24.8 Å². The van der Waals surface area contributed by atoms with Gasteiger partial charge in [0.05, 0.1) is 23.8 Å². The topological polar surface area (TPSA) is 88.8 Å². The first-order chi connectivity index (χ1) is 16.5. The Kier molecular flexibility index (Phi) is 6.24. The molecule has 178 valence electrons. The molecule has 1 aromatic carbocycles. The van der Waals surface area contributed by atoms with Crippen molar-refractivity contribution in [3.63, 3.8) is 0 Å². The fraction of sp³-hybridized carbons (Fsp3) is 0.435. The van der Waals surface area contributed by atoms with Crippen LogP contribution in [0, 0.1) is 5.92 Å². The number of halogens is 1. The van der Waals surface area contributed by atoms with Gasteiger partial charge in [-0.25, -0.2) is 9.37 Å². The Balaban J connectivity index is 1.37. The maximum absolute atomic E-state index is 15.2. The molecule has 2 aliphatic rings. The highest BCUT2D eigenvalue weighted by Gasteiger charge is 2.55. The Morgan fingerprint density at radius 1 is 1.26 bits per heavy atom. The molecule has 0 radical (unpaired) electrons. The molecule has 2 aromatic heterocycles. The second-order valence-electron chi connectivity index (χ2n) is 8.92. The number of alkyl halides is 1. The molecule has 4 atom stereocenters. The predicted octanol–water partition coefficient (Wildman–Crippen LogP) is 2.27. The summed E-state index contributed by atoms with van der Waals surface area (Å²) in [5, 5.41) is 18.8. The molecular formula is C23H28BFN6O3. The summed E-state index contributed by atoms with van der Waals surface area (Å²) in [6.45, 7) is 2.48. The summed E-state index contributed by atoms with van der Waals surface area (Å²) in [6, 6.07) is 8.97. The van der Waals surface area contributed by atoms with E-state index in [0.29, 0.717) is 23.8 Å². The van der Waals surface area contributed by atoms with Gasteiger partial charge in [-0.05, 0) is 50.0 Å². The minimum absolute atomic E-state index is 0.0975. The van der Waals surface area contributed by atoms with Gasteiger partial charge >= 0.3 is 7.05 Å². The maximum Gasteiger partial charge on any atom is 0.376 e. The van der Waals surface area contributed by atoms with Crippen molar-refractivity contribution in [3.05, 3.63) is 49.1 Å². The fourth-order valence-corrected chi connectivity index (χ4v) is 5.28. The van der Waals surface area contributed by atoms with Gasteiger partial charge in [-0.3, -0.25) is 0 Å². The summed E-state index contributed by atoms with van der Waals surface area (Å²) < 4.78 is 28.0. The molecule has 1 aliphatic carbocycles. The normalized spacial score (nSPS) is 23.9. The van der Waals surface area contributed by atoms with Crippen LogP contribution in [0.3, 0.4) is 0 Å². The number of fused-ring (bicyclic) bond motifs is 2. The van der Waals surface area contributed by atoms with Crippen LogP contribution in [0.5, 0.6) is 5.75 Å². The van der Waals surface area contributed by atoms with Crippen molar-refractivity contribution < 1.29 is 18.9 Å². The molecule has 3 heterocycles. The lowest BCUT2D eigenvalue weighted by Gasteiger charge is -2.39. The summed E-state index contributed by atoms with van der Waals surface area (Å²) in [4.78, 5) is 7.83. The summed E-state index contributed by atoms with van der Waals surface area (Å²) in [6.07, 6.45) is 4.98. The number of nitrogens with zero attached hydrogens (tertiary/aromatic N) is 6. The minimum Gasteiger partial charge on any atom is -0.467 e. The van der Waals surface area contributed by atoms with Crippen molar-refractivity contribution in [3.8, 4) is 22.7 Å². The van der Waals surface area contributed by atoms with Crippen LogP contribution < -0.4 is 9.64 Å². The van der Waals surface area contributed by atoms with Crippen LogP contribution in [0.2, 0.25) is 6.82 Å². The van der Waals surface area contributed by atoms with Gasteiger partial charge in [-0.15, -0.1) is 10.2 Å². The highest BCUT2D eigenvalue weighted by atomic mass is 19.1. The number of benzene rings is 1. The van der Waals surface area contributed by atoms with Crippen LogP contribution in [-0.2, 0) is 4.74 Å². The Labute approximate surface area is 198 Å². The molecule has 0 amide bonds. The van der Waals surface area contributed by atoms with E-state index in [2.05, 4.69) is 15.2 Å². The monoisotopic (exact) mass is 466 g/mol. The molecule has 9 nitrogen and oxygen atoms in total. The molecule has 1 saturated heterocycles. The fourth-order valence-electron chi connectivity index (χ4n) is 5.28. The van der Waals surface area contributed by atoms with Gasteiger partial charge in [0.25, 0.3) is 0 Å². The largest absolute Gasteiger partial charge is 0.467 e. The molecule has 11 heteroatoms. The zero-order valence-electron chi connectivity index (χ0n) is 19.5. The smallest absolute Gasteiger partial charge is 0.376 e. The van der Waals surface area contributed by atoms with Gasteiger partial charge < -0.3 is 28.8 Å². The van der Waals surface area contributed by atoms with E-state index in [1.807, 2.05) is 57.9 Å². The van der Waals surface area contributed by atoms with Gasteiger partial charge in [0.2, 0.25) is 0 Å². The number of hydrogen-bond donors (Lipinski definition) is 1. The number of anilines is 1. The van der Waals surface area contributed by atoms with E-state index in [0.717, 1.165) is 17.7 Å². The number of ether oxygens (including phenoxy) is 2. The second kappa shape index (κ2) is 9.32. The van der Waals surface area contributed by atoms with E-state index < -0.39 is 13.2 Å². The van der Waals surface area contributed by atoms with E-state index in [1.54, 1.807) is 26.5 Å². The van der Waals surface area contributed by atoms with Crippen LogP contribution in [0.25, 0.3) is 16.9 Å². The average molecular weight is 466 g/mol. The third kappa shape index (κ3) is 4.04. The summed E-state index contributed by atoms with van der Waals surface area (Å²) in [7, 11) is 2.80. The zero-order chi connectivity index (χ0) is 23.8. The number of hydrogen-bond acceptors (Lipinski definition) is 8. The van der Waals surface area contributed by atoms with Crippen molar-refractivity contribution in [1.82, 2.24) is 24.6 Å². The Morgan fingerprint density at radius 2 is 2.12 bits per heavy atom. The average Bonchev–Trinajstić information content (AvgIpc) is 3.59. The lowest BCUT2D eigenvalue weighted by molar-refractivity contribution is 0.0515. The SMILES string of the molecule is COCOc1cc(-n2ccnc2)ccc1-c1ccc(N(C)[C@H]2C3CC([C@@H]2F)N(B(C)O)C3)nn1. The van der Waals surface area contributed by atoms with E-state index in [9.17, 15) is 5.02 Å². The number of imidazole rings is 1. The van der Waals surface area contributed by atoms with Crippen molar-refractivity contribution in [1.29, 1.82) is 0 Å². The molecule has 34 heavy (non-hydrogen) atoms. The van der Waals surface area contributed by atoms with Gasteiger partial charge in [-0.2, -0.15) is 0 Å². The Bertz CT molecular complexity index is 1110. The molecule has 5 rings (SSSR count). The third-order valence-corrected chi connectivity index (χ3v) is 6.91.